The summed E-state index contributed by atoms with van der Waals surface area (Å²) in [7, 11) is 1.98. The standard InChI is InChI=1S/C25H21ClN6OS/c1-15-17-13-21(34-25(17)32(29-15)14-16-7-3-4-8-18(16)26)24(33)31-12-11-30(2)22-23(31)28-20-10-6-5-9-19(20)27-22/h3-10,13H,11-12,14H2,1-2H3. The van der Waals surface area contributed by atoms with Gasteiger partial charge in [0, 0.05) is 30.5 Å². The Morgan fingerprint density at radius 2 is 1.74 bits per heavy atom. The third kappa shape index (κ3) is 3.41. The first-order chi connectivity index (χ1) is 16.5. The van der Waals surface area contributed by atoms with Crippen LogP contribution in [0.4, 0.5) is 11.6 Å². The number of thiophene rings is 1. The number of halogens is 1. The van der Waals surface area contributed by atoms with E-state index in [9.17, 15) is 4.79 Å². The lowest BCUT2D eigenvalue weighted by Crippen LogP contribution is -2.43. The van der Waals surface area contributed by atoms with E-state index in [0.29, 0.717) is 35.4 Å². The lowest BCUT2D eigenvalue weighted by atomic mass is 10.2. The number of aromatic nitrogens is 4. The van der Waals surface area contributed by atoms with Crippen molar-refractivity contribution in [1.82, 2.24) is 19.7 Å². The van der Waals surface area contributed by atoms with E-state index in [4.69, 9.17) is 26.7 Å². The Labute approximate surface area is 205 Å². The van der Waals surface area contributed by atoms with E-state index < -0.39 is 0 Å². The molecule has 0 radical (unpaired) electrons. The lowest BCUT2D eigenvalue weighted by molar-refractivity contribution is 0.0990. The summed E-state index contributed by atoms with van der Waals surface area (Å²) in [6.07, 6.45) is 0. The number of hydrogen-bond donors (Lipinski definition) is 0. The second-order valence-corrected chi connectivity index (χ2v) is 9.84. The first-order valence-electron chi connectivity index (χ1n) is 11.0. The highest BCUT2D eigenvalue weighted by atomic mass is 35.5. The van der Waals surface area contributed by atoms with Crippen LogP contribution in [0.25, 0.3) is 21.3 Å². The van der Waals surface area contributed by atoms with Crippen LogP contribution in [-0.4, -0.2) is 45.8 Å². The zero-order valence-electron chi connectivity index (χ0n) is 18.7. The highest BCUT2D eigenvalue weighted by molar-refractivity contribution is 7.20. The molecule has 2 aromatic carbocycles. The summed E-state index contributed by atoms with van der Waals surface area (Å²) < 4.78 is 1.93. The number of benzene rings is 2. The molecule has 9 heteroatoms. The van der Waals surface area contributed by atoms with Crippen LogP contribution in [0.3, 0.4) is 0 Å². The van der Waals surface area contributed by atoms with Crippen LogP contribution in [0, 0.1) is 6.92 Å². The van der Waals surface area contributed by atoms with Crippen molar-refractivity contribution in [3.8, 4) is 0 Å². The number of nitrogens with zero attached hydrogens (tertiary/aromatic N) is 6. The summed E-state index contributed by atoms with van der Waals surface area (Å²) in [5, 5.41) is 6.38. The Morgan fingerprint density at radius 1 is 1.03 bits per heavy atom. The van der Waals surface area contributed by atoms with Gasteiger partial charge in [0.2, 0.25) is 0 Å². The molecule has 1 aliphatic heterocycles. The molecule has 3 aromatic heterocycles. The number of carbonyl (C=O) groups is 1. The summed E-state index contributed by atoms with van der Waals surface area (Å²) >= 11 is 7.83. The third-order valence-corrected chi connectivity index (χ3v) is 7.66. The van der Waals surface area contributed by atoms with E-state index in [-0.39, 0.29) is 5.91 Å². The van der Waals surface area contributed by atoms with Gasteiger partial charge in [-0.05, 0) is 36.8 Å². The van der Waals surface area contributed by atoms with Gasteiger partial charge in [-0.25, -0.2) is 9.97 Å². The Morgan fingerprint density at radius 3 is 2.50 bits per heavy atom. The van der Waals surface area contributed by atoms with Gasteiger partial charge in [0.25, 0.3) is 5.91 Å². The van der Waals surface area contributed by atoms with Gasteiger partial charge in [-0.15, -0.1) is 11.3 Å². The van der Waals surface area contributed by atoms with Crippen molar-refractivity contribution in [1.29, 1.82) is 0 Å². The van der Waals surface area contributed by atoms with Crippen LogP contribution in [0.5, 0.6) is 0 Å². The molecule has 0 atom stereocenters. The molecular formula is C25H21ClN6OS. The Hall–Kier alpha value is -3.49. The van der Waals surface area contributed by atoms with Crippen LogP contribution >= 0.6 is 22.9 Å². The molecule has 4 heterocycles. The van der Waals surface area contributed by atoms with E-state index in [1.807, 2.05) is 73.3 Å². The highest BCUT2D eigenvalue weighted by Gasteiger charge is 2.30. The van der Waals surface area contributed by atoms with Crippen LogP contribution in [-0.2, 0) is 6.54 Å². The molecule has 0 aliphatic carbocycles. The first kappa shape index (κ1) is 21.1. The number of amides is 1. The number of fused-ring (bicyclic) bond motifs is 3. The smallest absolute Gasteiger partial charge is 0.269 e. The summed E-state index contributed by atoms with van der Waals surface area (Å²) in [6.45, 7) is 3.76. The van der Waals surface area contributed by atoms with Gasteiger partial charge in [-0.1, -0.05) is 41.9 Å². The molecule has 0 spiro atoms. The van der Waals surface area contributed by atoms with Gasteiger partial charge in [0.1, 0.15) is 4.83 Å². The summed E-state index contributed by atoms with van der Waals surface area (Å²) in [6, 6.07) is 17.4. The zero-order valence-corrected chi connectivity index (χ0v) is 20.3. The van der Waals surface area contributed by atoms with Crippen molar-refractivity contribution in [2.45, 2.75) is 13.5 Å². The fourth-order valence-corrected chi connectivity index (χ4v) is 5.63. The number of para-hydroxylation sites is 2. The van der Waals surface area contributed by atoms with Gasteiger partial charge in [0.15, 0.2) is 11.6 Å². The Balaban J connectivity index is 1.39. The van der Waals surface area contributed by atoms with Gasteiger partial charge >= 0.3 is 0 Å². The Kier molecular flexibility index (Phi) is 5.00. The SMILES string of the molecule is Cc1nn(Cc2ccccc2Cl)c2sc(C(=O)N3CCN(C)c4nc5ccccc5nc43)cc12. The topological polar surface area (TPSA) is 67.2 Å². The molecular weight excluding hydrogens is 468 g/mol. The van der Waals surface area contributed by atoms with Crippen LogP contribution < -0.4 is 9.80 Å². The molecule has 0 bridgehead atoms. The number of likely N-dealkylation sites (N-methyl/N-ethyl adjacent to an activating group) is 1. The second kappa shape index (κ2) is 8.07. The maximum absolute atomic E-state index is 13.7. The zero-order chi connectivity index (χ0) is 23.4. The second-order valence-electron chi connectivity index (χ2n) is 8.40. The van der Waals surface area contributed by atoms with E-state index in [2.05, 4.69) is 4.90 Å². The van der Waals surface area contributed by atoms with Gasteiger partial charge in [-0.3, -0.25) is 14.4 Å². The summed E-state index contributed by atoms with van der Waals surface area (Å²) in [5.74, 6) is 1.26. The minimum atomic E-state index is -0.0659. The molecule has 0 saturated heterocycles. The van der Waals surface area contributed by atoms with E-state index >= 15 is 0 Å². The lowest BCUT2D eigenvalue weighted by Gasteiger charge is -2.33. The normalized spacial score (nSPS) is 13.6. The van der Waals surface area contributed by atoms with Crippen LogP contribution in [0.1, 0.15) is 20.9 Å². The maximum atomic E-state index is 13.7. The largest absolute Gasteiger partial charge is 0.355 e. The molecule has 0 saturated carbocycles. The first-order valence-corrected chi connectivity index (χ1v) is 12.2. The number of rotatable bonds is 3. The fourth-order valence-electron chi connectivity index (χ4n) is 4.32. The highest BCUT2D eigenvalue weighted by Crippen LogP contribution is 2.35. The molecule has 1 aliphatic rings. The van der Waals surface area contributed by atoms with Crippen molar-refractivity contribution in [3.05, 3.63) is 75.8 Å². The number of hydrogen-bond acceptors (Lipinski definition) is 6. The van der Waals surface area contributed by atoms with Crippen molar-refractivity contribution >= 4 is 61.7 Å². The molecule has 0 unspecified atom stereocenters. The predicted molar refractivity (Wildman–Crippen MR) is 137 cm³/mol. The van der Waals surface area contributed by atoms with Crippen LogP contribution in [0.15, 0.2) is 54.6 Å². The van der Waals surface area contributed by atoms with Gasteiger partial charge < -0.3 is 4.90 Å². The molecule has 0 fully saturated rings. The van der Waals surface area contributed by atoms with E-state index in [1.165, 1.54) is 11.3 Å². The number of aryl methyl sites for hydroxylation is 1. The quantitative estimate of drug-likeness (QED) is 0.351. The Bertz CT molecular complexity index is 1570. The average molecular weight is 489 g/mol. The molecule has 34 heavy (non-hydrogen) atoms. The molecule has 1 amide bonds. The van der Waals surface area contributed by atoms with Gasteiger partial charge in [0.05, 0.1) is 28.1 Å². The van der Waals surface area contributed by atoms with E-state index in [1.54, 1.807) is 4.90 Å². The summed E-state index contributed by atoms with van der Waals surface area (Å²) in [5.41, 5.74) is 3.48. The predicted octanol–water partition coefficient (Wildman–Crippen LogP) is 5.15. The van der Waals surface area contributed by atoms with Gasteiger partial charge in [-0.2, -0.15) is 5.10 Å². The molecule has 6 rings (SSSR count). The van der Waals surface area contributed by atoms with Crippen molar-refractivity contribution < 1.29 is 4.79 Å². The minimum Gasteiger partial charge on any atom is -0.355 e. The van der Waals surface area contributed by atoms with Crippen LogP contribution in [0.2, 0.25) is 5.02 Å². The monoisotopic (exact) mass is 488 g/mol. The maximum Gasteiger partial charge on any atom is 0.269 e. The molecule has 0 N–H and O–H groups in total. The molecule has 170 valence electrons. The number of anilines is 2. The molecule has 7 nitrogen and oxygen atoms in total. The van der Waals surface area contributed by atoms with Crippen molar-refractivity contribution in [3.63, 3.8) is 0 Å². The van der Waals surface area contributed by atoms with Crippen molar-refractivity contribution in [2.75, 3.05) is 29.9 Å². The van der Waals surface area contributed by atoms with E-state index in [0.717, 1.165) is 38.3 Å². The number of carbonyl (C=O) groups excluding carboxylic acids is 1. The van der Waals surface area contributed by atoms with Crippen molar-refractivity contribution in [2.24, 2.45) is 0 Å². The third-order valence-electron chi connectivity index (χ3n) is 6.15. The fraction of sp³-hybridized carbons (Fsp3) is 0.200. The minimum absolute atomic E-state index is 0.0659. The summed E-state index contributed by atoms with van der Waals surface area (Å²) in [4.78, 5) is 28.7. The average Bonchev–Trinajstić information content (AvgIpc) is 3.40. The molecule has 5 aromatic rings.